The minimum atomic E-state index is -0.138. The summed E-state index contributed by atoms with van der Waals surface area (Å²) in [5.74, 6) is 0.609. The molecule has 0 saturated heterocycles. The minimum absolute atomic E-state index is 0.0655. The third kappa shape index (κ3) is 3.47. The van der Waals surface area contributed by atoms with E-state index in [4.69, 9.17) is 4.74 Å². The Labute approximate surface area is 109 Å². The normalized spacial score (nSPS) is 17.1. The maximum atomic E-state index is 14.0. The van der Waals surface area contributed by atoms with E-state index in [1.165, 1.54) is 18.9 Å². The highest BCUT2D eigenvalue weighted by Gasteiger charge is 2.22. The summed E-state index contributed by atoms with van der Waals surface area (Å²) in [6.07, 6.45) is 5.66. The van der Waals surface area contributed by atoms with Gasteiger partial charge in [0, 0.05) is 5.56 Å². The maximum Gasteiger partial charge on any atom is 0.130 e. The standard InChI is InChI=1S/C16H23FO/c1-16(2,3)11-13-14(17)9-6-10-15(13)18-12-7-4-5-8-12/h6,9-10,12H,4-5,7-8,11H2,1-3H3. The number of ether oxygens (including phenoxy) is 1. The van der Waals surface area contributed by atoms with Crippen molar-refractivity contribution in [3.63, 3.8) is 0 Å². The largest absolute Gasteiger partial charge is 0.490 e. The second kappa shape index (κ2) is 5.29. The molecule has 2 rings (SSSR count). The first-order valence-corrected chi connectivity index (χ1v) is 6.90. The van der Waals surface area contributed by atoms with Crippen LogP contribution < -0.4 is 4.74 Å². The van der Waals surface area contributed by atoms with Crippen LogP contribution in [0.3, 0.4) is 0 Å². The van der Waals surface area contributed by atoms with E-state index in [-0.39, 0.29) is 17.3 Å². The summed E-state index contributed by atoms with van der Waals surface area (Å²) >= 11 is 0. The predicted octanol–water partition coefficient (Wildman–Crippen LogP) is 4.74. The van der Waals surface area contributed by atoms with Crippen LogP contribution in [0, 0.1) is 11.2 Å². The van der Waals surface area contributed by atoms with E-state index in [1.807, 2.05) is 6.07 Å². The van der Waals surface area contributed by atoms with Crippen molar-refractivity contribution < 1.29 is 9.13 Å². The molecule has 0 bridgehead atoms. The zero-order valence-corrected chi connectivity index (χ0v) is 11.6. The summed E-state index contributed by atoms with van der Waals surface area (Å²) in [5.41, 5.74) is 0.799. The van der Waals surface area contributed by atoms with Gasteiger partial charge in [-0.1, -0.05) is 26.8 Å². The molecular formula is C16H23FO. The molecule has 1 aromatic carbocycles. The molecule has 0 unspecified atom stereocenters. The fourth-order valence-corrected chi connectivity index (χ4v) is 2.54. The average molecular weight is 250 g/mol. The molecule has 0 heterocycles. The Morgan fingerprint density at radius 2 is 1.89 bits per heavy atom. The minimum Gasteiger partial charge on any atom is -0.490 e. The summed E-state index contributed by atoms with van der Waals surface area (Å²) in [4.78, 5) is 0. The van der Waals surface area contributed by atoms with Gasteiger partial charge < -0.3 is 4.74 Å². The van der Waals surface area contributed by atoms with Crippen molar-refractivity contribution >= 4 is 0 Å². The smallest absolute Gasteiger partial charge is 0.130 e. The van der Waals surface area contributed by atoms with Crippen LogP contribution in [0.2, 0.25) is 0 Å². The van der Waals surface area contributed by atoms with Gasteiger partial charge in [0.1, 0.15) is 11.6 Å². The van der Waals surface area contributed by atoms with Crippen molar-refractivity contribution in [3.8, 4) is 5.75 Å². The molecule has 1 fully saturated rings. The predicted molar refractivity (Wildman–Crippen MR) is 72.4 cm³/mol. The molecule has 100 valence electrons. The van der Waals surface area contributed by atoms with E-state index in [0.29, 0.717) is 6.42 Å². The number of halogens is 1. The lowest BCUT2D eigenvalue weighted by molar-refractivity contribution is 0.204. The molecule has 18 heavy (non-hydrogen) atoms. The van der Waals surface area contributed by atoms with Crippen LogP contribution in [0.1, 0.15) is 52.0 Å². The van der Waals surface area contributed by atoms with Gasteiger partial charge in [0.25, 0.3) is 0 Å². The monoisotopic (exact) mass is 250 g/mol. The molecule has 0 N–H and O–H groups in total. The van der Waals surface area contributed by atoms with Crippen LogP contribution in [0.5, 0.6) is 5.75 Å². The average Bonchev–Trinajstić information content (AvgIpc) is 2.74. The zero-order valence-electron chi connectivity index (χ0n) is 11.6. The number of benzene rings is 1. The Hall–Kier alpha value is -1.05. The highest BCUT2D eigenvalue weighted by Crippen LogP contribution is 2.32. The van der Waals surface area contributed by atoms with E-state index >= 15 is 0 Å². The molecule has 0 aromatic heterocycles. The quantitative estimate of drug-likeness (QED) is 0.753. The molecule has 0 spiro atoms. The van der Waals surface area contributed by atoms with Crippen LogP contribution in [0.4, 0.5) is 4.39 Å². The molecule has 0 atom stereocenters. The number of hydrogen-bond acceptors (Lipinski definition) is 1. The van der Waals surface area contributed by atoms with E-state index in [0.717, 1.165) is 24.2 Å². The lowest BCUT2D eigenvalue weighted by Crippen LogP contribution is -2.16. The van der Waals surface area contributed by atoms with Crippen molar-refractivity contribution in [2.24, 2.45) is 5.41 Å². The van der Waals surface area contributed by atoms with E-state index in [1.54, 1.807) is 6.07 Å². The fourth-order valence-electron chi connectivity index (χ4n) is 2.54. The molecule has 1 aromatic rings. The van der Waals surface area contributed by atoms with Crippen LogP contribution in [0.25, 0.3) is 0 Å². The Bertz CT molecular complexity index is 400. The third-order valence-electron chi connectivity index (χ3n) is 3.38. The Morgan fingerprint density at radius 3 is 2.50 bits per heavy atom. The van der Waals surface area contributed by atoms with Gasteiger partial charge in [-0.25, -0.2) is 4.39 Å². The van der Waals surface area contributed by atoms with Gasteiger partial charge in [-0.3, -0.25) is 0 Å². The first-order chi connectivity index (χ1) is 8.46. The van der Waals surface area contributed by atoms with Gasteiger partial charge in [0.05, 0.1) is 6.10 Å². The molecular weight excluding hydrogens is 227 g/mol. The van der Waals surface area contributed by atoms with Crippen LogP contribution in [-0.4, -0.2) is 6.10 Å². The van der Waals surface area contributed by atoms with E-state index in [9.17, 15) is 4.39 Å². The molecule has 0 radical (unpaired) electrons. The maximum absolute atomic E-state index is 14.0. The van der Waals surface area contributed by atoms with Gasteiger partial charge in [0.15, 0.2) is 0 Å². The van der Waals surface area contributed by atoms with Crippen molar-refractivity contribution in [3.05, 3.63) is 29.6 Å². The highest BCUT2D eigenvalue weighted by atomic mass is 19.1. The second-order valence-corrected chi connectivity index (χ2v) is 6.48. The summed E-state index contributed by atoms with van der Waals surface area (Å²) in [6.45, 7) is 6.37. The topological polar surface area (TPSA) is 9.23 Å². The summed E-state index contributed by atoms with van der Waals surface area (Å²) < 4.78 is 20.0. The van der Waals surface area contributed by atoms with Crippen molar-refractivity contribution in [2.75, 3.05) is 0 Å². The van der Waals surface area contributed by atoms with Gasteiger partial charge in [0.2, 0.25) is 0 Å². The second-order valence-electron chi connectivity index (χ2n) is 6.48. The Morgan fingerprint density at radius 1 is 1.22 bits per heavy atom. The first kappa shape index (κ1) is 13.4. The van der Waals surface area contributed by atoms with E-state index in [2.05, 4.69) is 20.8 Å². The Kier molecular flexibility index (Phi) is 3.94. The first-order valence-electron chi connectivity index (χ1n) is 6.90. The molecule has 1 aliphatic carbocycles. The molecule has 1 saturated carbocycles. The zero-order chi connectivity index (χ0) is 13.2. The summed E-state index contributed by atoms with van der Waals surface area (Å²) in [6, 6.07) is 5.18. The molecule has 0 aliphatic heterocycles. The van der Waals surface area contributed by atoms with Gasteiger partial charge in [-0.2, -0.15) is 0 Å². The lowest BCUT2D eigenvalue weighted by atomic mass is 9.87. The van der Waals surface area contributed by atoms with Crippen LogP contribution in [0.15, 0.2) is 18.2 Å². The highest BCUT2D eigenvalue weighted by molar-refractivity contribution is 5.35. The molecule has 0 amide bonds. The molecule has 1 aliphatic rings. The van der Waals surface area contributed by atoms with Crippen molar-refractivity contribution in [1.29, 1.82) is 0 Å². The lowest BCUT2D eigenvalue weighted by Gasteiger charge is -2.22. The summed E-state index contributed by atoms with van der Waals surface area (Å²) in [5, 5.41) is 0. The Balaban J connectivity index is 2.20. The van der Waals surface area contributed by atoms with Gasteiger partial charge in [-0.15, -0.1) is 0 Å². The number of hydrogen-bond donors (Lipinski definition) is 0. The van der Waals surface area contributed by atoms with Crippen LogP contribution >= 0.6 is 0 Å². The molecule has 1 nitrogen and oxygen atoms in total. The number of rotatable bonds is 3. The summed E-state index contributed by atoms with van der Waals surface area (Å²) in [7, 11) is 0. The van der Waals surface area contributed by atoms with Crippen LogP contribution in [-0.2, 0) is 6.42 Å². The third-order valence-corrected chi connectivity index (χ3v) is 3.38. The van der Waals surface area contributed by atoms with Crippen molar-refractivity contribution in [2.45, 2.75) is 59.0 Å². The van der Waals surface area contributed by atoms with Gasteiger partial charge in [-0.05, 0) is 49.7 Å². The SMILES string of the molecule is CC(C)(C)Cc1c(F)cccc1OC1CCCC1. The fraction of sp³-hybridized carbons (Fsp3) is 0.625. The van der Waals surface area contributed by atoms with E-state index < -0.39 is 0 Å². The van der Waals surface area contributed by atoms with Gasteiger partial charge >= 0.3 is 0 Å². The van der Waals surface area contributed by atoms with Crippen molar-refractivity contribution in [1.82, 2.24) is 0 Å². The molecule has 2 heteroatoms.